The highest BCUT2D eigenvalue weighted by atomic mass is 16.3. The first-order valence-corrected chi connectivity index (χ1v) is 6.79. The maximum atomic E-state index is 11.9. The summed E-state index contributed by atoms with van der Waals surface area (Å²) in [6, 6.07) is -0.00413. The molecule has 4 heteroatoms. The average molecular weight is 242 g/mol. The number of aliphatic hydroxyl groups is 1. The highest BCUT2D eigenvalue weighted by Crippen LogP contribution is 2.29. The van der Waals surface area contributed by atoms with Crippen LogP contribution in [0.25, 0.3) is 0 Å². The number of carbonyl (C=O) groups excluding carboxylic acids is 1. The molecule has 1 amide bonds. The lowest BCUT2D eigenvalue weighted by Crippen LogP contribution is -2.45. The minimum atomic E-state index is -0.00413. The van der Waals surface area contributed by atoms with Crippen LogP contribution in [0.15, 0.2) is 0 Å². The van der Waals surface area contributed by atoms with Gasteiger partial charge in [-0.1, -0.05) is 13.8 Å². The number of rotatable bonds is 7. The van der Waals surface area contributed by atoms with Crippen LogP contribution in [0.3, 0.4) is 0 Å². The average Bonchev–Trinajstić information content (AvgIpc) is 2.88. The molecular weight excluding hydrogens is 216 g/mol. The summed E-state index contributed by atoms with van der Waals surface area (Å²) < 4.78 is 0. The van der Waals surface area contributed by atoms with Crippen LogP contribution in [0.4, 0.5) is 0 Å². The number of amides is 1. The maximum absolute atomic E-state index is 11.9. The van der Waals surface area contributed by atoms with Crippen LogP contribution < -0.4 is 10.6 Å². The Kier molecular flexibility index (Phi) is 5.92. The van der Waals surface area contributed by atoms with E-state index >= 15 is 0 Å². The summed E-state index contributed by atoms with van der Waals surface area (Å²) in [5, 5.41) is 15.4. The van der Waals surface area contributed by atoms with Gasteiger partial charge >= 0.3 is 0 Å². The van der Waals surface area contributed by atoms with Gasteiger partial charge in [0.25, 0.3) is 0 Å². The molecular formula is C13H26N2O2. The molecule has 0 spiro atoms. The van der Waals surface area contributed by atoms with E-state index in [9.17, 15) is 4.79 Å². The summed E-state index contributed by atoms with van der Waals surface area (Å²) in [5.74, 6) is 0.117. The van der Waals surface area contributed by atoms with Gasteiger partial charge in [-0.05, 0) is 44.1 Å². The maximum Gasteiger partial charge on any atom is 0.237 e. The summed E-state index contributed by atoms with van der Waals surface area (Å²) in [5.41, 5.74) is 0.0585. The van der Waals surface area contributed by atoms with Crippen molar-refractivity contribution in [1.82, 2.24) is 10.6 Å². The quantitative estimate of drug-likeness (QED) is 0.625. The standard InChI is InChI=1S/C13H26N2O2/c1-3-13(4-2,7-9-16)10-15-12(17)11-6-5-8-14-11/h11,14,16H,3-10H2,1-2H3,(H,15,17). The van der Waals surface area contributed by atoms with Crippen LogP contribution >= 0.6 is 0 Å². The first-order valence-electron chi connectivity index (χ1n) is 6.79. The zero-order valence-electron chi connectivity index (χ0n) is 11.1. The van der Waals surface area contributed by atoms with Gasteiger partial charge < -0.3 is 15.7 Å². The van der Waals surface area contributed by atoms with Gasteiger partial charge in [0.2, 0.25) is 5.91 Å². The van der Waals surface area contributed by atoms with Gasteiger partial charge in [-0.15, -0.1) is 0 Å². The van der Waals surface area contributed by atoms with Crippen molar-refractivity contribution < 1.29 is 9.90 Å². The van der Waals surface area contributed by atoms with Gasteiger partial charge in [0.15, 0.2) is 0 Å². The van der Waals surface area contributed by atoms with E-state index in [-0.39, 0.29) is 24.0 Å². The van der Waals surface area contributed by atoms with Gasteiger partial charge in [-0.2, -0.15) is 0 Å². The Morgan fingerprint density at radius 2 is 2.18 bits per heavy atom. The van der Waals surface area contributed by atoms with Crippen molar-refractivity contribution in [3.8, 4) is 0 Å². The smallest absolute Gasteiger partial charge is 0.237 e. The van der Waals surface area contributed by atoms with E-state index < -0.39 is 0 Å². The van der Waals surface area contributed by atoms with Crippen LogP contribution in [-0.4, -0.2) is 36.8 Å². The predicted molar refractivity (Wildman–Crippen MR) is 68.8 cm³/mol. The lowest BCUT2D eigenvalue weighted by Gasteiger charge is -2.31. The number of hydrogen-bond acceptors (Lipinski definition) is 3. The van der Waals surface area contributed by atoms with Crippen molar-refractivity contribution in [3.63, 3.8) is 0 Å². The molecule has 0 aromatic carbocycles. The third kappa shape index (κ3) is 3.96. The molecule has 3 N–H and O–H groups in total. The third-order valence-electron chi connectivity index (χ3n) is 4.16. The van der Waals surface area contributed by atoms with E-state index in [1.54, 1.807) is 0 Å². The Balaban J connectivity index is 2.42. The van der Waals surface area contributed by atoms with Crippen LogP contribution in [0.2, 0.25) is 0 Å². The fourth-order valence-corrected chi connectivity index (χ4v) is 2.49. The zero-order chi connectivity index (χ0) is 12.7. The molecule has 0 aromatic heterocycles. The Bertz CT molecular complexity index is 234. The number of carbonyl (C=O) groups is 1. The summed E-state index contributed by atoms with van der Waals surface area (Å²) in [7, 11) is 0. The summed E-state index contributed by atoms with van der Waals surface area (Å²) in [4.78, 5) is 11.9. The fraction of sp³-hybridized carbons (Fsp3) is 0.923. The van der Waals surface area contributed by atoms with Gasteiger partial charge in [0.1, 0.15) is 0 Å². The van der Waals surface area contributed by atoms with Gasteiger partial charge in [0.05, 0.1) is 6.04 Å². The van der Waals surface area contributed by atoms with Crippen molar-refractivity contribution in [2.75, 3.05) is 19.7 Å². The third-order valence-corrected chi connectivity index (χ3v) is 4.16. The molecule has 0 aliphatic carbocycles. The predicted octanol–water partition coefficient (Wildman–Crippen LogP) is 1.04. The SMILES string of the molecule is CCC(CC)(CCO)CNC(=O)C1CCCN1. The summed E-state index contributed by atoms with van der Waals surface area (Å²) in [6.07, 6.45) is 4.77. The normalized spacial score (nSPS) is 20.5. The Hall–Kier alpha value is -0.610. The van der Waals surface area contributed by atoms with Crippen LogP contribution in [0, 0.1) is 5.41 Å². The molecule has 17 heavy (non-hydrogen) atoms. The minimum Gasteiger partial charge on any atom is -0.396 e. The molecule has 1 rings (SSSR count). The Morgan fingerprint density at radius 3 is 2.65 bits per heavy atom. The van der Waals surface area contributed by atoms with Gasteiger partial charge in [0, 0.05) is 13.2 Å². The largest absolute Gasteiger partial charge is 0.396 e. The van der Waals surface area contributed by atoms with Crippen molar-refractivity contribution in [3.05, 3.63) is 0 Å². The van der Waals surface area contributed by atoms with E-state index in [2.05, 4.69) is 24.5 Å². The molecule has 1 saturated heterocycles. The van der Waals surface area contributed by atoms with Crippen LogP contribution in [0.5, 0.6) is 0 Å². The highest BCUT2D eigenvalue weighted by molar-refractivity contribution is 5.82. The second-order valence-electron chi connectivity index (χ2n) is 5.05. The van der Waals surface area contributed by atoms with Crippen molar-refractivity contribution in [2.45, 2.75) is 52.0 Å². The molecule has 1 heterocycles. The number of aliphatic hydroxyl groups excluding tert-OH is 1. The molecule has 1 atom stereocenters. The molecule has 1 fully saturated rings. The molecule has 4 nitrogen and oxygen atoms in total. The van der Waals surface area contributed by atoms with E-state index in [0.717, 1.165) is 38.6 Å². The number of hydrogen-bond donors (Lipinski definition) is 3. The molecule has 1 aliphatic heterocycles. The lowest BCUT2D eigenvalue weighted by atomic mass is 9.79. The topological polar surface area (TPSA) is 61.4 Å². The highest BCUT2D eigenvalue weighted by Gasteiger charge is 2.28. The Morgan fingerprint density at radius 1 is 1.47 bits per heavy atom. The Labute approximate surface area is 104 Å². The second kappa shape index (κ2) is 6.97. The molecule has 0 radical (unpaired) electrons. The van der Waals surface area contributed by atoms with Crippen molar-refractivity contribution in [2.24, 2.45) is 5.41 Å². The van der Waals surface area contributed by atoms with E-state index in [1.165, 1.54) is 0 Å². The van der Waals surface area contributed by atoms with Crippen LogP contribution in [-0.2, 0) is 4.79 Å². The molecule has 1 aliphatic rings. The minimum absolute atomic E-state index is 0.00413. The summed E-state index contributed by atoms with van der Waals surface area (Å²) in [6.45, 7) is 6.07. The zero-order valence-corrected chi connectivity index (χ0v) is 11.1. The van der Waals surface area contributed by atoms with Gasteiger partial charge in [-0.25, -0.2) is 0 Å². The summed E-state index contributed by atoms with van der Waals surface area (Å²) >= 11 is 0. The van der Waals surface area contributed by atoms with Gasteiger partial charge in [-0.3, -0.25) is 4.79 Å². The molecule has 0 saturated carbocycles. The van der Waals surface area contributed by atoms with Crippen LogP contribution in [0.1, 0.15) is 46.0 Å². The first kappa shape index (κ1) is 14.5. The van der Waals surface area contributed by atoms with E-state index in [4.69, 9.17) is 5.11 Å². The van der Waals surface area contributed by atoms with E-state index in [0.29, 0.717) is 6.54 Å². The number of nitrogens with one attached hydrogen (secondary N) is 2. The molecule has 0 bridgehead atoms. The second-order valence-corrected chi connectivity index (χ2v) is 5.05. The monoisotopic (exact) mass is 242 g/mol. The van der Waals surface area contributed by atoms with Crippen molar-refractivity contribution in [1.29, 1.82) is 0 Å². The van der Waals surface area contributed by atoms with Crippen molar-refractivity contribution >= 4 is 5.91 Å². The molecule has 100 valence electrons. The lowest BCUT2D eigenvalue weighted by molar-refractivity contribution is -0.123. The molecule has 1 unspecified atom stereocenters. The molecule has 0 aromatic rings. The fourth-order valence-electron chi connectivity index (χ4n) is 2.49. The van der Waals surface area contributed by atoms with E-state index in [1.807, 2.05) is 0 Å². The first-order chi connectivity index (χ1) is 8.17.